The molecule has 4 N–H and O–H groups in total. The van der Waals surface area contributed by atoms with Crippen LogP contribution in [0.5, 0.6) is 0 Å². The zero-order valence-electron chi connectivity index (χ0n) is 9.22. The Morgan fingerprint density at radius 3 is 2.50 bits per heavy atom. The Kier molecular flexibility index (Phi) is 8.46. The van der Waals surface area contributed by atoms with Crippen LogP contribution in [0.15, 0.2) is 0 Å². The fraction of sp³-hybridized carbons (Fsp3) is 0.800. The number of carboxylic acids is 1. The number of ether oxygens (including phenoxy) is 1. The Labute approximate surface area is 94.4 Å². The van der Waals surface area contributed by atoms with Gasteiger partial charge in [-0.3, -0.25) is 9.59 Å². The SMILES string of the molecule is N[C@@H](CCC(=O)OCCCCCO)C(=O)O. The molecule has 0 spiro atoms. The van der Waals surface area contributed by atoms with E-state index in [0.717, 1.165) is 6.42 Å². The van der Waals surface area contributed by atoms with Crippen molar-refractivity contribution in [2.75, 3.05) is 13.2 Å². The normalized spacial score (nSPS) is 12.1. The van der Waals surface area contributed by atoms with Gasteiger partial charge in [0.05, 0.1) is 6.61 Å². The summed E-state index contributed by atoms with van der Waals surface area (Å²) in [7, 11) is 0. The van der Waals surface area contributed by atoms with Crippen LogP contribution in [-0.4, -0.2) is 41.4 Å². The molecule has 0 radical (unpaired) electrons. The number of carboxylic acid groups (broad SMARTS) is 1. The lowest BCUT2D eigenvalue weighted by Crippen LogP contribution is -2.30. The van der Waals surface area contributed by atoms with E-state index in [4.69, 9.17) is 20.7 Å². The second kappa shape index (κ2) is 9.11. The maximum absolute atomic E-state index is 11.1. The third-order valence-corrected chi connectivity index (χ3v) is 2.04. The van der Waals surface area contributed by atoms with E-state index in [2.05, 4.69) is 0 Å². The number of hydrogen-bond donors (Lipinski definition) is 3. The summed E-state index contributed by atoms with van der Waals surface area (Å²) in [5.41, 5.74) is 5.22. The van der Waals surface area contributed by atoms with Crippen molar-refractivity contribution in [1.29, 1.82) is 0 Å². The minimum Gasteiger partial charge on any atom is -0.480 e. The topological polar surface area (TPSA) is 110 Å². The van der Waals surface area contributed by atoms with Crippen LogP contribution in [0.25, 0.3) is 0 Å². The van der Waals surface area contributed by atoms with Crippen LogP contribution in [0.4, 0.5) is 0 Å². The van der Waals surface area contributed by atoms with Crippen LogP contribution in [0, 0.1) is 0 Å². The summed E-state index contributed by atoms with van der Waals surface area (Å²) in [4.78, 5) is 21.4. The molecule has 0 aliphatic heterocycles. The maximum Gasteiger partial charge on any atom is 0.320 e. The molecule has 0 aromatic rings. The molecule has 0 fully saturated rings. The first-order valence-corrected chi connectivity index (χ1v) is 5.32. The van der Waals surface area contributed by atoms with Crippen LogP contribution < -0.4 is 5.73 Å². The average Bonchev–Trinajstić information content (AvgIpc) is 2.25. The summed E-state index contributed by atoms with van der Waals surface area (Å²) < 4.78 is 4.85. The van der Waals surface area contributed by atoms with Gasteiger partial charge in [-0.05, 0) is 25.7 Å². The lowest BCUT2D eigenvalue weighted by atomic mass is 10.2. The van der Waals surface area contributed by atoms with Gasteiger partial charge in [0.15, 0.2) is 0 Å². The standard InChI is InChI=1S/C10H19NO5/c11-8(10(14)15)4-5-9(13)16-7-3-1-2-6-12/h8,12H,1-7,11H2,(H,14,15)/t8-/m0/s1. The quantitative estimate of drug-likeness (QED) is 0.378. The predicted molar refractivity (Wildman–Crippen MR) is 56.7 cm³/mol. The minimum absolute atomic E-state index is 0.0213. The fourth-order valence-electron chi connectivity index (χ4n) is 1.05. The lowest BCUT2D eigenvalue weighted by Gasteiger charge is -2.06. The zero-order valence-corrected chi connectivity index (χ0v) is 9.22. The summed E-state index contributed by atoms with van der Waals surface area (Å²) >= 11 is 0. The monoisotopic (exact) mass is 233 g/mol. The smallest absolute Gasteiger partial charge is 0.320 e. The summed E-state index contributed by atoms with van der Waals surface area (Å²) in [6.07, 6.45) is 2.31. The van der Waals surface area contributed by atoms with Gasteiger partial charge >= 0.3 is 11.9 Å². The van der Waals surface area contributed by atoms with Gasteiger partial charge in [0, 0.05) is 13.0 Å². The maximum atomic E-state index is 11.1. The Bertz CT molecular complexity index is 219. The molecule has 0 aromatic heterocycles. The van der Waals surface area contributed by atoms with Gasteiger partial charge in [-0.2, -0.15) is 0 Å². The van der Waals surface area contributed by atoms with Crippen molar-refractivity contribution in [2.24, 2.45) is 5.73 Å². The predicted octanol–water partition coefficient (Wildman–Crippen LogP) is -0.116. The number of hydrogen-bond acceptors (Lipinski definition) is 5. The lowest BCUT2D eigenvalue weighted by molar-refractivity contribution is -0.144. The third-order valence-electron chi connectivity index (χ3n) is 2.04. The average molecular weight is 233 g/mol. The molecule has 0 saturated heterocycles. The van der Waals surface area contributed by atoms with Crippen LogP contribution in [0.2, 0.25) is 0 Å². The molecule has 0 rings (SSSR count). The molecule has 0 unspecified atom stereocenters. The molecule has 0 aliphatic rings. The Hall–Kier alpha value is -1.14. The Morgan fingerprint density at radius 2 is 1.94 bits per heavy atom. The largest absolute Gasteiger partial charge is 0.480 e. The molecule has 0 aromatic carbocycles. The van der Waals surface area contributed by atoms with Gasteiger partial charge < -0.3 is 20.7 Å². The van der Waals surface area contributed by atoms with Crippen LogP contribution >= 0.6 is 0 Å². The second-order valence-corrected chi connectivity index (χ2v) is 3.49. The van der Waals surface area contributed by atoms with E-state index < -0.39 is 18.0 Å². The summed E-state index contributed by atoms with van der Waals surface area (Å²) in [6.45, 7) is 0.447. The molecule has 94 valence electrons. The summed E-state index contributed by atoms with van der Waals surface area (Å²) in [5.74, 6) is -1.54. The van der Waals surface area contributed by atoms with Gasteiger partial charge in [0.1, 0.15) is 6.04 Å². The van der Waals surface area contributed by atoms with Crippen molar-refractivity contribution in [3.05, 3.63) is 0 Å². The molecule has 0 amide bonds. The van der Waals surface area contributed by atoms with Crippen molar-refractivity contribution in [2.45, 2.75) is 38.1 Å². The van der Waals surface area contributed by atoms with Crippen molar-refractivity contribution >= 4 is 11.9 Å². The number of esters is 1. The number of rotatable bonds is 9. The Balaban J connectivity index is 3.41. The highest BCUT2D eigenvalue weighted by molar-refractivity contribution is 5.75. The Morgan fingerprint density at radius 1 is 1.25 bits per heavy atom. The molecule has 16 heavy (non-hydrogen) atoms. The van der Waals surface area contributed by atoms with E-state index in [1.54, 1.807) is 0 Å². The number of unbranched alkanes of at least 4 members (excludes halogenated alkanes) is 2. The number of aliphatic hydroxyl groups excluding tert-OH is 1. The van der Waals surface area contributed by atoms with E-state index in [1.165, 1.54) is 0 Å². The number of aliphatic carboxylic acids is 1. The number of carbonyl (C=O) groups excluding carboxylic acids is 1. The highest BCUT2D eigenvalue weighted by Gasteiger charge is 2.13. The number of aliphatic hydroxyl groups is 1. The molecule has 6 nitrogen and oxygen atoms in total. The van der Waals surface area contributed by atoms with Crippen LogP contribution in [0.1, 0.15) is 32.1 Å². The third kappa shape index (κ3) is 8.19. The van der Waals surface area contributed by atoms with Crippen molar-refractivity contribution < 1.29 is 24.5 Å². The molecule has 6 heteroatoms. The van der Waals surface area contributed by atoms with Gasteiger partial charge in [-0.15, -0.1) is 0 Å². The first kappa shape index (κ1) is 14.9. The number of nitrogens with two attached hydrogens (primary N) is 1. The van der Waals surface area contributed by atoms with Gasteiger partial charge in [-0.1, -0.05) is 0 Å². The van der Waals surface area contributed by atoms with Crippen molar-refractivity contribution in [3.63, 3.8) is 0 Å². The molecule has 0 heterocycles. The van der Waals surface area contributed by atoms with Crippen LogP contribution in [0.3, 0.4) is 0 Å². The van der Waals surface area contributed by atoms with E-state index >= 15 is 0 Å². The zero-order chi connectivity index (χ0) is 12.4. The van der Waals surface area contributed by atoms with Crippen LogP contribution in [-0.2, 0) is 14.3 Å². The summed E-state index contributed by atoms with van der Waals surface area (Å²) in [5, 5.41) is 17.0. The van der Waals surface area contributed by atoms with Gasteiger partial charge in [0.2, 0.25) is 0 Å². The number of carbonyl (C=O) groups is 2. The molecule has 0 saturated carbocycles. The van der Waals surface area contributed by atoms with Crippen molar-refractivity contribution in [1.82, 2.24) is 0 Å². The molecular weight excluding hydrogens is 214 g/mol. The van der Waals surface area contributed by atoms with Gasteiger partial charge in [0.25, 0.3) is 0 Å². The molecular formula is C10H19NO5. The van der Waals surface area contributed by atoms with E-state index in [9.17, 15) is 9.59 Å². The van der Waals surface area contributed by atoms with E-state index in [1.807, 2.05) is 0 Å². The molecule has 0 aliphatic carbocycles. The molecule has 1 atom stereocenters. The minimum atomic E-state index is -1.12. The highest BCUT2D eigenvalue weighted by Crippen LogP contribution is 2.00. The van der Waals surface area contributed by atoms with E-state index in [0.29, 0.717) is 19.4 Å². The first-order valence-electron chi connectivity index (χ1n) is 5.32. The van der Waals surface area contributed by atoms with Crippen molar-refractivity contribution in [3.8, 4) is 0 Å². The van der Waals surface area contributed by atoms with Gasteiger partial charge in [-0.25, -0.2) is 0 Å². The highest BCUT2D eigenvalue weighted by atomic mass is 16.5. The second-order valence-electron chi connectivity index (χ2n) is 3.49. The first-order chi connectivity index (χ1) is 7.57. The molecule has 0 bridgehead atoms. The fourth-order valence-corrected chi connectivity index (χ4v) is 1.05. The van der Waals surface area contributed by atoms with E-state index in [-0.39, 0.29) is 19.4 Å². The summed E-state index contributed by atoms with van der Waals surface area (Å²) in [6, 6.07) is -1.01.